The molecule has 0 aliphatic rings. The second-order valence-corrected chi connectivity index (χ2v) is 8.70. The van der Waals surface area contributed by atoms with Gasteiger partial charge in [0.15, 0.2) is 0 Å². The minimum atomic E-state index is -4.97. The summed E-state index contributed by atoms with van der Waals surface area (Å²) in [6.07, 6.45) is 20.7. The van der Waals surface area contributed by atoms with E-state index in [0.717, 1.165) is 25.7 Å². The Bertz CT molecular complexity index is 450. The van der Waals surface area contributed by atoms with Crippen molar-refractivity contribution in [1.82, 2.24) is 5.32 Å². The number of unbranched alkanes of at least 4 members (excludes halogenated alkanes) is 11. The van der Waals surface area contributed by atoms with Gasteiger partial charge in [0.05, 0.1) is 14.4 Å². The van der Waals surface area contributed by atoms with Crippen LogP contribution in [0.3, 0.4) is 0 Å². The molecule has 0 radical (unpaired) electrons. The lowest BCUT2D eigenvalue weighted by atomic mass is 10.1. The first-order chi connectivity index (χ1) is 13.3. The van der Waals surface area contributed by atoms with E-state index < -0.39 is 13.9 Å². The molecule has 6 nitrogen and oxygen atoms in total. The zero-order valence-corrected chi connectivity index (χ0v) is 18.7. The molecule has 0 aromatic carbocycles. The summed E-state index contributed by atoms with van der Waals surface area (Å²) in [5.74, 6) is -0.139. The molecule has 0 fully saturated rings. The molecule has 28 heavy (non-hydrogen) atoms. The molecule has 0 heterocycles. The van der Waals surface area contributed by atoms with E-state index in [2.05, 4.69) is 28.9 Å². The third-order valence-corrected chi connectivity index (χ3v) is 5.02. The van der Waals surface area contributed by atoms with Gasteiger partial charge in [-0.15, -0.1) is 0 Å². The van der Waals surface area contributed by atoms with Gasteiger partial charge in [-0.05, 0) is 39.0 Å². The first-order valence-corrected chi connectivity index (χ1v) is 12.4. The van der Waals surface area contributed by atoms with Crippen LogP contribution in [0.1, 0.15) is 104 Å². The van der Waals surface area contributed by atoms with E-state index in [1.807, 2.05) is 0 Å². The number of carbonyl (C=O) groups is 1. The lowest BCUT2D eigenvalue weighted by molar-refractivity contribution is -0.342. The highest BCUT2D eigenvalue weighted by atomic mass is 31.2. The van der Waals surface area contributed by atoms with E-state index in [9.17, 15) is 19.1 Å². The van der Waals surface area contributed by atoms with Gasteiger partial charge in [0.25, 0.3) is 0 Å². The Kier molecular flexibility index (Phi) is 17.9. The maximum atomic E-state index is 11.7. The van der Waals surface area contributed by atoms with Crippen molar-refractivity contribution in [2.45, 2.75) is 110 Å². The van der Waals surface area contributed by atoms with Crippen LogP contribution in [-0.2, 0) is 13.9 Å². The number of hydrogen-bond acceptors (Lipinski definition) is 5. The Morgan fingerprint density at radius 3 is 1.96 bits per heavy atom. The van der Waals surface area contributed by atoms with Gasteiger partial charge in [0, 0.05) is 12.5 Å². The number of allylic oxidation sites excluding steroid dienone is 2. The third kappa shape index (κ3) is 21.6. The van der Waals surface area contributed by atoms with Crippen molar-refractivity contribution in [1.29, 1.82) is 0 Å². The zero-order valence-electron chi connectivity index (χ0n) is 17.8. The molecule has 0 aromatic rings. The molecule has 0 aromatic heterocycles. The van der Waals surface area contributed by atoms with Crippen molar-refractivity contribution in [3.63, 3.8) is 0 Å². The van der Waals surface area contributed by atoms with Crippen molar-refractivity contribution in [2.24, 2.45) is 0 Å². The van der Waals surface area contributed by atoms with Crippen molar-refractivity contribution in [2.75, 3.05) is 6.61 Å². The molecule has 0 saturated carbocycles. The highest BCUT2D eigenvalue weighted by Crippen LogP contribution is 2.24. The molecule has 0 aliphatic heterocycles. The number of phosphoric ester groups is 1. The minimum Gasteiger partial charge on any atom is -0.790 e. The summed E-state index contributed by atoms with van der Waals surface area (Å²) in [5.41, 5.74) is 0. The summed E-state index contributed by atoms with van der Waals surface area (Å²) in [6, 6.07) is -0.494. The van der Waals surface area contributed by atoms with Gasteiger partial charge in [-0.1, -0.05) is 70.4 Å². The summed E-state index contributed by atoms with van der Waals surface area (Å²) in [4.78, 5) is 32.5. The van der Waals surface area contributed by atoms with E-state index in [1.165, 1.54) is 57.8 Å². The molecule has 0 bridgehead atoms. The average Bonchev–Trinajstić information content (AvgIpc) is 2.62. The summed E-state index contributed by atoms with van der Waals surface area (Å²) in [7, 11) is -4.97. The molecule has 1 N–H and O–H groups in total. The average molecular weight is 418 g/mol. The summed E-state index contributed by atoms with van der Waals surface area (Å²) in [6.45, 7) is 3.53. The van der Waals surface area contributed by atoms with Gasteiger partial charge in [-0.2, -0.15) is 0 Å². The molecule has 1 amide bonds. The first kappa shape index (κ1) is 27.3. The highest BCUT2D eigenvalue weighted by molar-refractivity contribution is 7.43. The summed E-state index contributed by atoms with van der Waals surface area (Å²) >= 11 is 0. The molecule has 0 rings (SSSR count). The van der Waals surface area contributed by atoms with Crippen LogP contribution in [0.25, 0.3) is 0 Å². The smallest absolute Gasteiger partial charge is 0.220 e. The van der Waals surface area contributed by atoms with Crippen LogP contribution in [0, 0.1) is 0 Å². The number of carbonyl (C=O) groups excluding carboxylic acids is 1. The summed E-state index contributed by atoms with van der Waals surface area (Å²) < 4.78 is 14.5. The van der Waals surface area contributed by atoms with Crippen LogP contribution >= 0.6 is 7.82 Å². The second kappa shape index (κ2) is 18.4. The molecular weight excluding hydrogens is 377 g/mol. The number of nitrogens with one attached hydrogen (secondary N) is 1. The maximum Gasteiger partial charge on any atom is 0.220 e. The van der Waals surface area contributed by atoms with Crippen molar-refractivity contribution >= 4 is 13.7 Å². The number of hydrogen-bond donors (Lipinski definition) is 1. The van der Waals surface area contributed by atoms with Crippen LogP contribution in [0.15, 0.2) is 12.2 Å². The third-order valence-electron chi connectivity index (χ3n) is 4.56. The minimum absolute atomic E-state index is 0.139. The van der Waals surface area contributed by atoms with Gasteiger partial charge in [-0.3, -0.25) is 4.79 Å². The van der Waals surface area contributed by atoms with E-state index in [4.69, 9.17) is 0 Å². The Balaban J connectivity index is 3.39. The Morgan fingerprint density at radius 2 is 1.43 bits per heavy atom. The SMILES string of the molecule is CCCCCCCC/C=C\CCCCCCCC(=O)N[C@H](C)COP(=O)([O-])[O-]. The van der Waals surface area contributed by atoms with E-state index in [0.29, 0.717) is 6.42 Å². The van der Waals surface area contributed by atoms with Crippen LogP contribution < -0.4 is 15.1 Å². The molecule has 0 spiro atoms. The van der Waals surface area contributed by atoms with Crippen LogP contribution in [-0.4, -0.2) is 18.6 Å². The molecule has 7 heteroatoms. The fourth-order valence-corrected chi connectivity index (χ4v) is 3.35. The van der Waals surface area contributed by atoms with Crippen molar-refractivity contribution in [3.8, 4) is 0 Å². The Morgan fingerprint density at radius 1 is 0.929 bits per heavy atom. The molecule has 166 valence electrons. The van der Waals surface area contributed by atoms with Gasteiger partial charge in [0.2, 0.25) is 5.91 Å². The van der Waals surface area contributed by atoms with Crippen LogP contribution in [0.5, 0.6) is 0 Å². The van der Waals surface area contributed by atoms with Gasteiger partial charge < -0.3 is 24.2 Å². The maximum absolute atomic E-state index is 11.7. The largest absolute Gasteiger partial charge is 0.790 e. The molecule has 0 unspecified atom stereocenters. The van der Waals surface area contributed by atoms with Crippen molar-refractivity contribution < 1.29 is 23.7 Å². The van der Waals surface area contributed by atoms with Gasteiger partial charge >= 0.3 is 0 Å². The van der Waals surface area contributed by atoms with Gasteiger partial charge in [0.1, 0.15) is 0 Å². The normalized spacial score (nSPS) is 13.1. The quantitative estimate of drug-likeness (QED) is 0.191. The van der Waals surface area contributed by atoms with E-state index in [-0.39, 0.29) is 12.5 Å². The molecule has 0 saturated heterocycles. The number of phosphoric acid groups is 1. The fraction of sp³-hybridized carbons (Fsp3) is 0.857. The zero-order chi connectivity index (χ0) is 21.1. The van der Waals surface area contributed by atoms with E-state index >= 15 is 0 Å². The lowest BCUT2D eigenvalue weighted by Crippen LogP contribution is -2.36. The monoisotopic (exact) mass is 417 g/mol. The predicted octanol–water partition coefficient (Wildman–Crippen LogP) is 4.37. The second-order valence-electron chi connectivity index (χ2n) is 7.55. The molecular formula is C21H40NO5P-2. The highest BCUT2D eigenvalue weighted by Gasteiger charge is 2.07. The summed E-state index contributed by atoms with van der Waals surface area (Å²) in [5, 5.41) is 2.63. The first-order valence-electron chi connectivity index (χ1n) is 11.0. The predicted molar refractivity (Wildman–Crippen MR) is 111 cm³/mol. The number of rotatable bonds is 19. The van der Waals surface area contributed by atoms with Crippen LogP contribution in [0.4, 0.5) is 0 Å². The topological polar surface area (TPSA) is 102 Å². The fourth-order valence-electron chi connectivity index (χ4n) is 2.95. The standard InChI is InChI=1S/C21H42NO5P/c1-3-4-5-6-7-8-9-10-11-12-13-14-15-16-17-18-21(23)22-20(2)19-27-28(24,25)26/h10-11,20H,3-9,12-19H2,1-2H3,(H,22,23)(H2,24,25,26)/p-2/b11-10-/t20-/m1/s1. The van der Waals surface area contributed by atoms with E-state index in [1.54, 1.807) is 6.92 Å². The lowest BCUT2D eigenvalue weighted by Gasteiger charge is -2.30. The Hall–Kier alpha value is -0.680. The molecule has 0 aliphatic carbocycles. The van der Waals surface area contributed by atoms with Crippen molar-refractivity contribution in [3.05, 3.63) is 12.2 Å². The number of amides is 1. The molecule has 1 atom stereocenters. The van der Waals surface area contributed by atoms with Gasteiger partial charge in [-0.25, -0.2) is 0 Å². The Labute approximate surface area is 171 Å². The van der Waals surface area contributed by atoms with Crippen LogP contribution in [0.2, 0.25) is 0 Å².